The Labute approximate surface area is 116 Å². The second kappa shape index (κ2) is 5.85. The summed E-state index contributed by atoms with van der Waals surface area (Å²) in [5, 5.41) is 0. The first-order valence-corrected chi connectivity index (χ1v) is 7.45. The molecule has 2 rings (SSSR count). The number of carbonyl (C=O) groups is 1. The van der Waals surface area contributed by atoms with Gasteiger partial charge in [0.15, 0.2) is 6.29 Å². The normalized spacial score (nSPS) is 17.4. The Morgan fingerprint density at radius 2 is 1.89 bits per heavy atom. The molecule has 0 aromatic carbocycles. The van der Waals surface area contributed by atoms with Crippen LogP contribution >= 0.6 is 0 Å². The van der Waals surface area contributed by atoms with Crippen LogP contribution in [-0.4, -0.2) is 11.3 Å². The summed E-state index contributed by atoms with van der Waals surface area (Å²) in [7, 11) is 0. The molecule has 0 atom stereocenters. The van der Waals surface area contributed by atoms with Crippen LogP contribution in [0.5, 0.6) is 0 Å². The third-order valence-corrected chi connectivity index (χ3v) is 4.24. The summed E-state index contributed by atoms with van der Waals surface area (Å²) in [6.45, 7) is 6.59. The lowest BCUT2D eigenvalue weighted by Crippen LogP contribution is -2.19. The highest BCUT2D eigenvalue weighted by molar-refractivity contribution is 5.77. The van der Waals surface area contributed by atoms with Crippen molar-refractivity contribution in [3.05, 3.63) is 29.1 Å². The first-order chi connectivity index (χ1) is 9.02. The maximum absolute atomic E-state index is 11.3. The molecule has 0 amide bonds. The van der Waals surface area contributed by atoms with Gasteiger partial charge in [0, 0.05) is 18.0 Å². The number of pyridine rings is 1. The molecule has 1 aliphatic carbocycles. The molecule has 2 nitrogen and oxygen atoms in total. The van der Waals surface area contributed by atoms with Crippen molar-refractivity contribution in [3.8, 4) is 0 Å². The average Bonchev–Trinajstić information content (AvgIpc) is 2.39. The van der Waals surface area contributed by atoms with E-state index >= 15 is 0 Å². The van der Waals surface area contributed by atoms with Gasteiger partial charge in [-0.15, -0.1) is 0 Å². The van der Waals surface area contributed by atoms with Crippen LogP contribution in [0.15, 0.2) is 12.4 Å². The molecule has 0 saturated heterocycles. The van der Waals surface area contributed by atoms with Crippen molar-refractivity contribution < 1.29 is 4.79 Å². The Balaban J connectivity index is 2.32. The summed E-state index contributed by atoms with van der Waals surface area (Å²) in [6, 6.07) is 0. The van der Waals surface area contributed by atoms with Gasteiger partial charge in [0.1, 0.15) is 0 Å². The van der Waals surface area contributed by atoms with Crippen LogP contribution in [0.4, 0.5) is 0 Å². The quantitative estimate of drug-likeness (QED) is 0.757. The fourth-order valence-corrected chi connectivity index (χ4v) is 3.16. The molecule has 2 heteroatoms. The van der Waals surface area contributed by atoms with Gasteiger partial charge in [0.2, 0.25) is 0 Å². The van der Waals surface area contributed by atoms with E-state index in [1.807, 2.05) is 6.20 Å². The topological polar surface area (TPSA) is 30.0 Å². The molecule has 0 spiro atoms. The van der Waals surface area contributed by atoms with Crippen molar-refractivity contribution in [2.24, 2.45) is 5.92 Å². The van der Waals surface area contributed by atoms with E-state index in [-0.39, 0.29) is 5.41 Å². The highest BCUT2D eigenvalue weighted by Gasteiger charge is 2.23. The summed E-state index contributed by atoms with van der Waals surface area (Å²) >= 11 is 0. The lowest BCUT2D eigenvalue weighted by molar-refractivity contribution is 0.112. The van der Waals surface area contributed by atoms with Gasteiger partial charge in [0.25, 0.3) is 0 Å². The molecule has 1 heterocycles. The molecule has 0 bridgehead atoms. The van der Waals surface area contributed by atoms with Crippen molar-refractivity contribution in [2.45, 2.75) is 64.7 Å². The van der Waals surface area contributed by atoms with Gasteiger partial charge < -0.3 is 0 Å². The number of carbonyl (C=O) groups excluding carboxylic acids is 1. The highest BCUT2D eigenvalue weighted by atomic mass is 16.1. The van der Waals surface area contributed by atoms with E-state index in [2.05, 4.69) is 25.8 Å². The van der Waals surface area contributed by atoms with Gasteiger partial charge in [-0.05, 0) is 28.9 Å². The lowest BCUT2D eigenvalue weighted by Gasteiger charge is -2.27. The van der Waals surface area contributed by atoms with E-state index in [0.717, 1.165) is 24.2 Å². The van der Waals surface area contributed by atoms with Crippen LogP contribution < -0.4 is 0 Å². The zero-order chi connectivity index (χ0) is 13.9. The molecule has 104 valence electrons. The average molecular weight is 259 g/mol. The van der Waals surface area contributed by atoms with Crippen molar-refractivity contribution in [3.63, 3.8) is 0 Å². The Kier molecular flexibility index (Phi) is 4.38. The van der Waals surface area contributed by atoms with Crippen molar-refractivity contribution in [1.29, 1.82) is 0 Å². The zero-order valence-electron chi connectivity index (χ0n) is 12.4. The molecule has 19 heavy (non-hydrogen) atoms. The standard InChI is InChI=1S/C17H25NO/c1-17(2,3)16-11-18-10-14(12-19)15(16)9-13-7-5-4-6-8-13/h10-13H,4-9H2,1-3H3. The van der Waals surface area contributed by atoms with E-state index < -0.39 is 0 Å². The van der Waals surface area contributed by atoms with Gasteiger partial charge in [-0.2, -0.15) is 0 Å². The molecule has 1 aromatic heterocycles. The first kappa shape index (κ1) is 14.2. The fraction of sp³-hybridized carbons (Fsp3) is 0.647. The minimum atomic E-state index is 0.0516. The molecule has 0 N–H and O–H groups in total. The van der Waals surface area contributed by atoms with E-state index in [0.29, 0.717) is 0 Å². The molecule has 1 saturated carbocycles. The number of aldehydes is 1. The SMILES string of the molecule is CC(C)(C)c1cncc(C=O)c1CC1CCCCC1. The predicted molar refractivity (Wildman–Crippen MR) is 78.6 cm³/mol. The van der Waals surface area contributed by atoms with Crippen LogP contribution in [0.25, 0.3) is 0 Å². The maximum Gasteiger partial charge on any atom is 0.151 e. The predicted octanol–water partition coefficient (Wildman–Crippen LogP) is 4.31. The third-order valence-electron chi connectivity index (χ3n) is 4.24. The Hall–Kier alpha value is -1.18. The molecule has 1 aromatic rings. The first-order valence-electron chi connectivity index (χ1n) is 7.45. The second-order valence-electron chi connectivity index (χ2n) is 6.83. The summed E-state index contributed by atoms with van der Waals surface area (Å²) in [4.78, 5) is 15.6. The number of hydrogen-bond donors (Lipinski definition) is 0. The molecule has 0 unspecified atom stereocenters. The van der Waals surface area contributed by atoms with Crippen LogP contribution in [0.3, 0.4) is 0 Å². The largest absolute Gasteiger partial charge is 0.298 e. The Morgan fingerprint density at radius 1 is 1.21 bits per heavy atom. The minimum absolute atomic E-state index is 0.0516. The van der Waals surface area contributed by atoms with Gasteiger partial charge in [-0.25, -0.2) is 0 Å². The summed E-state index contributed by atoms with van der Waals surface area (Å²) in [6.07, 6.45) is 12.4. The third kappa shape index (κ3) is 3.43. The molecular weight excluding hydrogens is 234 g/mol. The van der Waals surface area contributed by atoms with Crippen molar-refractivity contribution in [1.82, 2.24) is 4.98 Å². The number of aromatic nitrogens is 1. The van der Waals surface area contributed by atoms with Gasteiger partial charge in [-0.1, -0.05) is 52.9 Å². The van der Waals surface area contributed by atoms with Crippen molar-refractivity contribution in [2.75, 3.05) is 0 Å². The van der Waals surface area contributed by atoms with Gasteiger partial charge in [0.05, 0.1) is 0 Å². The number of nitrogens with zero attached hydrogens (tertiary/aromatic N) is 1. The van der Waals surface area contributed by atoms with Crippen LogP contribution in [0.2, 0.25) is 0 Å². The maximum atomic E-state index is 11.3. The summed E-state index contributed by atoms with van der Waals surface area (Å²) < 4.78 is 0. The van der Waals surface area contributed by atoms with E-state index in [1.54, 1.807) is 6.20 Å². The fourth-order valence-electron chi connectivity index (χ4n) is 3.16. The molecule has 1 aliphatic rings. The Bertz CT molecular complexity index is 439. The van der Waals surface area contributed by atoms with Gasteiger partial charge >= 0.3 is 0 Å². The minimum Gasteiger partial charge on any atom is -0.298 e. The number of hydrogen-bond acceptors (Lipinski definition) is 2. The lowest BCUT2D eigenvalue weighted by atomic mass is 9.78. The van der Waals surface area contributed by atoms with Crippen LogP contribution in [0, 0.1) is 5.92 Å². The van der Waals surface area contributed by atoms with E-state index in [9.17, 15) is 4.79 Å². The summed E-state index contributed by atoms with van der Waals surface area (Å²) in [5.41, 5.74) is 3.32. The molecule has 0 radical (unpaired) electrons. The van der Waals surface area contributed by atoms with E-state index in [4.69, 9.17) is 0 Å². The Morgan fingerprint density at radius 3 is 2.47 bits per heavy atom. The van der Waals surface area contributed by atoms with Crippen LogP contribution in [0.1, 0.15) is 74.4 Å². The van der Waals surface area contributed by atoms with Gasteiger partial charge in [-0.3, -0.25) is 9.78 Å². The van der Waals surface area contributed by atoms with E-state index in [1.165, 1.54) is 43.2 Å². The summed E-state index contributed by atoms with van der Waals surface area (Å²) in [5.74, 6) is 0.746. The zero-order valence-corrected chi connectivity index (χ0v) is 12.4. The van der Waals surface area contributed by atoms with Crippen LogP contribution in [-0.2, 0) is 11.8 Å². The molecule has 1 fully saturated rings. The smallest absolute Gasteiger partial charge is 0.151 e. The highest BCUT2D eigenvalue weighted by Crippen LogP contribution is 2.32. The van der Waals surface area contributed by atoms with Crippen molar-refractivity contribution >= 4 is 6.29 Å². The second-order valence-corrected chi connectivity index (χ2v) is 6.83. The number of rotatable bonds is 3. The molecule has 0 aliphatic heterocycles. The monoisotopic (exact) mass is 259 g/mol. The molecular formula is C17H25NO.